The van der Waals surface area contributed by atoms with Crippen LogP contribution in [-0.4, -0.2) is 68.5 Å². The van der Waals surface area contributed by atoms with E-state index in [0.29, 0.717) is 17.4 Å². The predicted molar refractivity (Wildman–Crippen MR) is 224 cm³/mol. The van der Waals surface area contributed by atoms with E-state index in [1.165, 1.54) is 116 Å². The molecule has 53 heavy (non-hydrogen) atoms. The van der Waals surface area contributed by atoms with Gasteiger partial charge in [-0.3, -0.25) is 9.36 Å². The molecule has 2 N–H and O–H groups in total. The van der Waals surface area contributed by atoms with Crippen LogP contribution < -0.4 is 10.2 Å². The van der Waals surface area contributed by atoms with Gasteiger partial charge in [0.1, 0.15) is 13.2 Å². The lowest BCUT2D eigenvalue weighted by Gasteiger charge is -2.29. The minimum Gasteiger partial charge on any atom is -0.756 e. The molecular formula is C44H85N2O6P. The molecule has 3 atom stereocenters. The molecular weight excluding hydrogens is 683 g/mol. The number of carbonyl (C=O) groups excluding carboxylic acids is 1. The first-order valence-corrected chi connectivity index (χ1v) is 23.3. The van der Waals surface area contributed by atoms with E-state index >= 15 is 0 Å². The van der Waals surface area contributed by atoms with Crippen LogP contribution in [0.3, 0.4) is 0 Å². The van der Waals surface area contributed by atoms with Crippen molar-refractivity contribution in [2.75, 3.05) is 40.9 Å². The number of phosphoric acid groups is 1. The van der Waals surface area contributed by atoms with E-state index in [0.717, 1.165) is 51.4 Å². The number of phosphoric ester groups is 1. The Hall–Kier alpha value is -1.28. The number of hydrogen-bond donors (Lipinski definition) is 2. The van der Waals surface area contributed by atoms with Crippen LogP contribution in [0.25, 0.3) is 0 Å². The van der Waals surface area contributed by atoms with Crippen LogP contribution in [0.2, 0.25) is 0 Å². The summed E-state index contributed by atoms with van der Waals surface area (Å²) in [6.45, 7) is 4.48. The van der Waals surface area contributed by atoms with E-state index in [1.807, 2.05) is 27.2 Å². The van der Waals surface area contributed by atoms with Crippen molar-refractivity contribution in [2.24, 2.45) is 0 Å². The summed E-state index contributed by atoms with van der Waals surface area (Å²) in [6, 6.07) is -0.902. The lowest BCUT2D eigenvalue weighted by atomic mass is 10.0. The number of allylic oxidation sites excluding steroid dienone is 5. The molecule has 0 aliphatic rings. The Morgan fingerprint density at radius 2 is 1.06 bits per heavy atom. The number of aliphatic hydroxyl groups excluding tert-OH is 1. The fourth-order valence-corrected chi connectivity index (χ4v) is 6.79. The van der Waals surface area contributed by atoms with Crippen LogP contribution in [-0.2, 0) is 18.4 Å². The molecule has 0 aromatic carbocycles. The summed E-state index contributed by atoms with van der Waals surface area (Å²) in [5, 5.41) is 13.6. The van der Waals surface area contributed by atoms with Gasteiger partial charge >= 0.3 is 0 Å². The molecule has 0 radical (unpaired) electrons. The van der Waals surface area contributed by atoms with Crippen molar-refractivity contribution in [3.05, 3.63) is 36.5 Å². The molecule has 0 aromatic heterocycles. The number of amides is 1. The van der Waals surface area contributed by atoms with Gasteiger partial charge in [-0.05, 0) is 44.9 Å². The van der Waals surface area contributed by atoms with Crippen LogP contribution >= 0.6 is 7.82 Å². The average molecular weight is 769 g/mol. The maximum absolute atomic E-state index is 12.5. The first kappa shape index (κ1) is 51.7. The van der Waals surface area contributed by atoms with Gasteiger partial charge in [0.25, 0.3) is 7.82 Å². The second kappa shape index (κ2) is 36.4. The number of rotatable bonds is 39. The predicted octanol–water partition coefficient (Wildman–Crippen LogP) is 11.3. The number of unbranched alkanes of at least 4 members (excludes halogenated alkanes) is 22. The highest BCUT2D eigenvalue weighted by Gasteiger charge is 2.23. The van der Waals surface area contributed by atoms with Crippen molar-refractivity contribution in [1.29, 1.82) is 0 Å². The Bertz CT molecular complexity index is 964. The summed E-state index contributed by atoms with van der Waals surface area (Å²) >= 11 is 0. The summed E-state index contributed by atoms with van der Waals surface area (Å²) in [6.07, 6.45) is 44.2. The molecule has 3 unspecified atom stereocenters. The highest BCUT2D eigenvalue weighted by atomic mass is 31.2. The van der Waals surface area contributed by atoms with E-state index in [1.54, 1.807) is 6.08 Å². The molecule has 8 nitrogen and oxygen atoms in total. The van der Waals surface area contributed by atoms with Crippen molar-refractivity contribution in [2.45, 2.75) is 199 Å². The van der Waals surface area contributed by atoms with Gasteiger partial charge in [0.15, 0.2) is 0 Å². The molecule has 1 amide bonds. The summed E-state index contributed by atoms with van der Waals surface area (Å²) in [7, 11) is 1.23. The average Bonchev–Trinajstić information content (AvgIpc) is 3.10. The number of aliphatic hydroxyl groups is 1. The van der Waals surface area contributed by atoms with Gasteiger partial charge in [-0.2, -0.15) is 0 Å². The SMILES string of the molecule is CCCCCCCCCCCCCCCCCCC/C=C/CC/C=C/CC/C=C/C(O)C(COP(=O)([O-])OCC[N+](C)(C)C)NC(=O)CCCCCC. The maximum Gasteiger partial charge on any atom is 0.268 e. The van der Waals surface area contributed by atoms with Crippen LogP contribution in [0.15, 0.2) is 36.5 Å². The topological polar surface area (TPSA) is 108 Å². The zero-order chi connectivity index (χ0) is 39.3. The molecule has 0 bridgehead atoms. The fourth-order valence-electron chi connectivity index (χ4n) is 6.07. The molecule has 0 heterocycles. The van der Waals surface area contributed by atoms with Crippen LogP contribution in [0.4, 0.5) is 0 Å². The first-order valence-electron chi connectivity index (χ1n) is 21.9. The third-order valence-corrected chi connectivity index (χ3v) is 10.5. The van der Waals surface area contributed by atoms with Gasteiger partial charge in [0.05, 0.1) is 39.9 Å². The quantitative estimate of drug-likeness (QED) is 0.0279. The normalized spacial score (nSPS) is 14.8. The van der Waals surface area contributed by atoms with Gasteiger partial charge in [0.2, 0.25) is 5.91 Å². The fraction of sp³-hybridized carbons (Fsp3) is 0.841. The molecule has 0 aliphatic heterocycles. The second-order valence-corrected chi connectivity index (χ2v) is 17.4. The lowest BCUT2D eigenvalue weighted by Crippen LogP contribution is -2.45. The smallest absolute Gasteiger partial charge is 0.268 e. The zero-order valence-electron chi connectivity index (χ0n) is 35.2. The highest BCUT2D eigenvalue weighted by molar-refractivity contribution is 7.45. The highest BCUT2D eigenvalue weighted by Crippen LogP contribution is 2.38. The zero-order valence-corrected chi connectivity index (χ0v) is 36.1. The van der Waals surface area contributed by atoms with Gasteiger partial charge in [0, 0.05) is 6.42 Å². The number of likely N-dealkylation sites (N-methyl/N-ethyl adjacent to an activating group) is 1. The molecule has 312 valence electrons. The van der Waals surface area contributed by atoms with Gasteiger partial charge in [-0.15, -0.1) is 0 Å². The third kappa shape index (κ3) is 38.8. The second-order valence-electron chi connectivity index (χ2n) is 16.0. The number of hydrogen-bond acceptors (Lipinski definition) is 6. The molecule has 0 saturated carbocycles. The Morgan fingerprint density at radius 1 is 0.642 bits per heavy atom. The molecule has 0 rings (SSSR count). The monoisotopic (exact) mass is 769 g/mol. The van der Waals surface area contributed by atoms with Crippen LogP contribution in [0.5, 0.6) is 0 Å². The molecule has 0 aliphatic carbocycles. The van der Waals surface area contributed by atoms with Crippen molar-refractivity contribution >= 4 is 13.7 Å². The van der Waals surface area contributed by atoms with E-state index < -0.39 is 26.6 Å². The Balaban J connectivity index is 4.10. The molecule has 0 aromatic rings. The Labute approximate surface area is 327 Å². The van der Waals surface area contributed by atoms with E-state index in [4.69, 9.17) is 9.05 Å². The molecule has 0 spiro atoms. The van der Waals surface area contributed by atoms with E-state index in [2.05, 4.69) is 43.5 Å². The molecule has 9 heteroatoms. The van der Waals surface area contributed by atoms with E-state index in [9.17, 15) is 19.4 Å². The number of quaternary nitrogens is 1. The lowest BCUT2D eigenvalue weighted by molar-refractivity contribution is -0.870. The standard InChI is InChI=1S/C44H85N2O6P/c1-6-8-10-12-13-14-15-16-17-18-19-20-21-22-23-24-25-26-27-28-29-30-31-32-33-34-35-37-43(47)42(45-44(48)38-36-11-9-7-2)41-52-53(49,50)51-40-39-46(3,4)5/h27-28,31-32,35,37,42-43,47H,6-26,29-30,33-34,36,38-41H2,1-5H3,(H-,45,48,49,50)/b28-27+,32-31+,37-35+. The number of nitrogens with zero attached hydrogens (tertiary/aromatic N) is 1. The van der Waals surface area contributed by atoms with Gasteiger partial charge < -0.3 is 28.8 Å². The van der Waals surface area contributed by atoms with Crippen molar-refractivity contribution in [3.8, 4) is 0 Å². The third-order valence-electron chi connectivity index (χ3n) is 9.58. The maximum atomic E-state index is 12.5. The summed E-state index contributed by atoms with van der Waals surface area (Å²) < 4.78 is 22.9. The number of nitrogens with one attached hydrogen (secondary N) is 1. The molecule has 0 fully saturated rings. The van der Waals surface area contributed by atoms with Crippen LogP contribution in [0.1, 0.15) is 187 Å². The van der Waals surface area contributed by atoms with Crippen molar-refractivity contribution in [3.63, 3.8) is 0 Å². The summed E-state index contributed by atoms with van der Waals surface area (Å²) in [5.74, 6) is -0.231. The largest absolute Gasteiger partial charge is 0.756 e. The summed E-state index contributed by atoms with van der Waals surface area (Å²) in [4.78, 5) is 24.8. The van der Waals surface area contributed by atoms with Crippen molar-refractivity contribution in [1.82, 2.24) is 5.32 Å². The van der Waals surface area contributed by atoms with Gasteiger partial charge in [-0.1, -0.05) is 172 Å². The van der Waals surface area contributed by atoms with Gasteiger partial charge in [-0.25, -0.2) is 0 Å². The number of carbonyl (C=O) groups is 1. The minimum absolute atomic E-state index is 0.00932. The Morgan fingerprint density at radius 3 is 1.53 bits per heavy atom. The first-order chi connectivity index (χ1) is 25.5. The summed E-state index contributed by atoms with van der Waals surface area (Å²) in [5.41, 5.74) is 0. The minimum atomic E-state index is -4.58. The Kier molecular flexibility index (Phi) is 35.5. The van der Waals surface area contributed by atoms with Crippen LogP contribution in [0, 0.1) is 0 Å². The van der Waals surface area contributed by atoms with Crippen molar-refractivity contribution < 1.29 is 32.9 Å². The van der Waals surface area contributed by atoms with E-state index in [-0.39, 0.29) is 12.5 Å². The molecule has 0 saturated heterocycles.